The van der Waals surface area contributed by atoms with Gasteiger partial charge in [-0.15, -0.1) is 0 Å². The van der Waals surface area contributed by atoms with E-state index in [0.717, 1.165) is 36.9 Å². The number of likely N-dealkylation sites (tertiary alicyclic amines) is 1. The number of halogens is 1. The molecular formula is C19H29FN3O3S+. The summed E-state index contributed by atoms with van der Waals surface area (Å²) < 4.78 is 40.7. The van der Waals surface area contributed by atoms with Crippen LogP contribution in [-0.2, 0) is 14.8 Å². The van der Waals surface area contributed by atoms with Gasteiger partial charge in [0.1, 0.15) is 10.7 Å². The number of benzene rings is 1. The lowest BCUT2D eigenvalue weighted by atomic mass is 10.2. The number of hydrogen-bond acceptors (Lipinski definition) is 3. The molecule has 1 aromatic rings. The Kier molecular flexibility index (Phi) is 6.49. The molecule has 6 nitrogen and oxygen atoms in total. The summed E-state index contributed by atoms with van der Waals surface area (Å²) in [6, 6.07) is 5.29. The Balaban J connectivity index is 1.61. The molecule has 0 spiro atoms. The summed E-state index contributed by atoms with van der Waals surface area (Å²) >= 11 is 0. The number of rotatable bonds is 4. The van der Waals surface area contributed by atoms with Gasteiger partial charge in [-0.05, 0) is 31.9 Å². The van der Waals surface area contributed by atoms with Crippen LogP contribution < -0.4 is 4.90 Å². The van der Waals surface area contributed by atoms with Gasteiger partial charge in [0, 0.05) is 13.1 Å². The fraction of sp³-hybridized carbons (Fsp3) is 0.632. The minimum absolute atomic E-state index is 0.164. The summed E-state index contributed by atoms with van der Waals surface area (Å²) in [6.45, 7) is 5.27. The molecule has 27 heavy (non-hydrogen) atoms. The van der Waals surface area contributed by atoms with Gasteiger partial charge in [0.15, 0.2) is 6.04 Å². The van der Waals surface area contributed by atoms with Crippen LogP contribution >= 0.6 is 0 Å². The van der Waals surface area contributed by atoms with Crippen molar-refractivity contribution in [1.82, 2.24) is 9.21 Å². The second kappa shape index (κ2) is 8.67. The average Bonchev–Trinajstić information content (AvgIpc) is 2.96. The minimum atomic E-state index is -3.84. The minimum Gasteiger partial charge on any atom is -0.338 e. The zero-order valence-corrected chi connectivity index (χ0v) is 16.7. The molecule has 2 aliphatic rings. The number of carbonyl (C=O) groups is 1. The van der Waals surface area contributed by atoms with E-state index in [0.29, 0.717) is 26.2 Å². The Morgan fingerprint density at radius 2 is 1.63 bits per heavy atom. The number of sulfonamides is 1. The molecule has 2 heterocycles. The number of piperazine rings is 1. The quantitative estimate of drug-likeness (QED) is 0.804. The Hall–Kier alpha value is -1.51. The first-order valence-corrected chi connectivity index (χ1v) is 11.2. The summed E-state index contributed by atoms with van der Waals surface area (Å²) in [4.78, 5) is 15.6. The van der Waals surface area contributed by atoms with Crippen LogP contribution in [0.25, 0.3) is 0 Å². The van der Waals surface area contributed by atoms with Gasteiger partial charge in [-0.3, -0.25) is 4.79 Å². The molecule has 0 unspecified atom stereocenters. The van der Waals surface area contributed by atoms with Crippen molar-refractivity contribution in [2.75, 3.05) is 39.3 Å². The Labute approximate surface area is 161 Å². The molecule has 0 aromatic heterocycles. The van der Waals surface area contributed by atoms with E-state index in [4.69, 9.17) is 0 Å². The summed E-state index contributed by atoms with van der Waals surface area (Å²) in [5.74, 6) is -0.561. The van der Waals surface area contributed by atoms with Crippen molar-refractivity contribution < 1.29 is 22.5 Å². The van der Waals surface area contributed by atoms with E-state index >= 15 is 0 Å². The van der Waals surface area contributed by atoms with E-state index in [2.05, 4.69) is 0 Å². The van der Waals surface area contributed by atoms with Crippen molar-refractivity contribution in [3.63, 3.8) is 0 Å². The SMILES string of the molecule is C[C@@H](C(=O)N1CCCCCC1)[NH+]1CCN(S(=O)(=O)c2ccccc2F)CC1. The van der Waals surface area contributed by atoms with Gasteiger partial charge in [-0.1, -0.05) is 25.0 Å². The van der Waals surface area contributed by atoms with E-state index in [-0.39, 0.29) is 16.8 Å². The van der Waals surface area contributed by atoms with Crippen molar-refractivity contribution in [1.29, 1.82) is 0 Å². The van der Waals surface area contributed by atoms with E-state index in [1.165, 1.54) is 35.3 Å². The van der Waals surface area contributed by atoms with E-state index in [1.54, 1.807) is 0 Å². The van der Waals surface area contributed by atoms with E-state index < -0.39 is 15.8 Å². The van der Waals surface area contributed by atoms with Crippen molar-refractivity contribution in [2.45, 2.75) is 43.5 Å². The normalized spacial score (nSPS) is 21.6. The first-order chi connectivity index (χ1) is 12.9. The lowest BCUT2D eigenvalue weighted by Gasteiger charge is -2.35. The van der Waals surface area contributed by atoms with Crippen molar-refractivity contribution in [3.8, 4) is 0 Å². The number of carbonyl (C=O) groups excluding carboxylic acids is 1. The molecule has 1 atom stereocenters. The zero-order chi connectivity index (χ0) is 19.4. The van der Waals surface area contributed by atoms with Crippen LogP contribution in [0.5, 0.6) is 0 Å². The van der Waals surface area contributed by atoms with E-state index in [9.17, 15) is 17.6 Å². The van der Waals surface area contributed by atoms with Crippen LogP contribution in [0, 0.1) is 5.82 Å². The maximum atomic E-state index is 13.9. The van der Waals surface area contributed by atoms with Crippen LogP contribution in [-0.4, -0.2) is 68.8 Å². The zero-order valence-electron chi connectivity index (χ0n) is 15.9. The fourth-order valence-corrected chi connectivity index (χ4v) is 5.49. The maximum Gasteiger partial charge on any atom is 0.280 e. The average molecular weight is 399 g/mol. The van der Waals surface area contributed by atoms with Gasteiger partial charge in [0.25, 0.3) is 5.91 Å². The molecule has 8 heteroatoms. The largest absolute Gasteiger partial charge is 0.338 e. The molecule has 3 rings (SSSR count). The third-order valence-electron chi connectivity index (χ3n) is 5.72. The van der Waals surface area contributed by atoms with Crippen molar-refractivity contribution in [3.05, 3.63) is 30.1 Å². The lowest BCUT2D eigenvalue weighted by molar-refractivity contribution is -0.918. The van der Waals surface area contributed by atoms with Crippen LogP contribution in [0.3, 0.4) is 0 Å². The predicted octanol–water partition coefficient (Wildman–Crippen LogP) is 0.506. The molecule has 0 radical (unpaired) electrons. The molecule has 0 bridgehead atoms. The molecule has 2 saturated heterocycles. The highest BCUT2D eigenvalue weighted by Crippen LogP contribution is 2.19. The van der Waals surface area contributed by atoms with Gasteiger partial charge in [0.05, 0.1) is 26.2 Å². The number of nitrogens with zero attached hydrogens (tertiary/aromatic N) is 2. The second-order valence-electron chi connectivity index (χ2n) is 7.45. The molecule has 2 aliphatic heterocycles. The van der Waals surface area contributed by atoms with Gasteiger partial charge in [-0.2, -0.15) is 4.31 Å². The molecule has 0 aliphatic carbocycles. The number of amides is 1. The molecule has 1 amide bonds. The summed E-state index contributed by atoms with van der Waals surface area (Å²) in [7, 11) is -3.84. The Morgan fingerprint density at radius 1 is 1.04 bits per heavy atom. The Morgan fingerprint density at radius 3 is 2.22 bits per heavy atom. The van der Waals surface area contributed by atoms with Gasteiger partial charge in [-0.25, -0.2) is 12.8 Å². The topological polar surface area (TPSA) is 62.1 Å². The van der Waals surface area contributed by atoms with Gasteiger partial charge >= 0.3 is 0 Å². The van der Waals surface area contributed by atoms with Crippen molar-refractivity contribution >= 4 is 15.9 Å². The first kappa shape index (κ1) is 20.2. The molecule has 0 saturated carbocycles. The van der Waals surface area contributed by atoms with E-state index in [1.807, 2.05) is 11.8 Å². The maximum absolute atomic E-state index is 13.9. The molecular weight excluding hydrogens is 369 g/mol. The fourth-order valence-electron chi connectivity index (χ4n) is 3.98. The highest BCUT2D eigenvalue weighted by molar-refractivity contribution is 7.89. The standard InChI is InChI=1S/C19H28FN3O3S/c1-16(19(24)22-10-6-2-3-7-11-22)21-12-14-23(15-13-21)27(25,26)18-9-5-4-8-17(18)20/h4-5,8-9,16H,2-3,6-7,10-15H2,1H3/p+1/t16-/m0/s1. The predicted molar refractivity (Wildman–Crippen MR) is 100 cm³/mol. The third kappa shape index (κ3) is 4.50. The highest BCUT2D eigenvalue weighted by Gasteiger charge is 2.36. The summed E-state index contributed by atoms with van der Waals surface area (Å²) in [5, 5.41) is 0. The number of nitrogens with one attached hydrogen (secondary N) is 1. The lowest BCUT2D eigenvalue weighted by Crippen LogP contribution is -3.19. The first-order valence-electron chi connectivity index (χ1n) is 9.79. The summed E-state index contributed by atoms with van der Waals surface area (Å²) in [5.41, 5.74) is 0. The van der Waals surface area contributed by atoms with Crippen LogP contribution in [0.2, 0.25) is 0 Å². The molecule has 1 N–H and O–H groups in total. The molecule has 2 fully saturated rings. The monoisotopic (exact) mass is 398 g/mol. The van der Waals surface area contributed by atoms with Crippen LogP contribution in [0.15, 0.2) is 29.2 Å². The number of hydrogen-bond donors (Lipinski definition) is 1. The molecule has 1 aromatic carbocycles. The Bertz CT molecular complexity index is 755. The van der Waals surface area contributed by atoms with Gasteiger partial charge < -0.3 is 9.80 Å². The number of quaternary nitrogens is 1. The van der Waals surface area contributed by atoms with Crippen LogP contribution in [0.4, 0.5) is 4.39 Å². The molecule has 150 valence electrons. The smallest absolute Gasteiger partial charge is 0.280 e. The van der Waals surface area contributed by atoms with Crippen molar-refractivity contribution in [2.24, 2.45) is 0 Å². The highest BCUT2D eigenvalue weighted by atomic mass is 32.2. The third-order valence-corrected chi connectivity index (χ3v) is 7.65. The second-order valence-corrected chi connectivity index (χ2v) is 9.36. The van der Waals surface area contributed by atoms with Crippen LogP contribution in [0.1, 0.15) is 32.6 Å². The summed E-state index contributed by atoms with van der Waals surface area (Å²) in [6.07, 6.45) is 4.47. The van der Waals surface area contributed by atoms with Gasteiger partial charge in [0.2, 0.25) is 10.0 Å².